The molecule has 0 atom stereocenters. The number of nitrogens with one attached hydrogen (secondary N) is 1. The first kappa shape index (κ1) is 17.0. The van der Waals surface area contributed by atoms with Gasteiger partial charge in [-0.25, -0.2) is 4.98 Å². The van der Waals surface area contributed by atoms with Crippen LogP contribution in [0, 0.1) is 0 Å². The molecule has 3 rings (SSSR count). The van der Waals surface area contributed by atoms with Gasteiger partial charge in [0.15, 0.2) is 0 Å². The molecule has 0 aliphatic rings. The van der Waals surface area contributed by atoms with E-state index in [-0.39, 0.29) is 6.61 Å². The van der Waals surface area contributed by atoms with Crippen molar-refractivity contribution < 1.29 is 5.11 Å². The first-order chi connectivity index (χ1) is 11.2. The van der Waals surface area contributed by atoms with E-state index in [4.69, 9.17) is 5.11 Å². The van der Waals surface area contributed by atoms with Gasteiger partial charge in [0.2, 0.25) is 0 Å². The van der Waals surface area contributed by atoms with E-state index in [2.05, 4.69) is 21.1 Å². The molecule has 5 nitrogen and oxygen atoms in total. The van der Waals surface area contributed by atoms with Crippen LogP contribution in [-0.4, -0.2) is 31.5 Å². The fourth-order valence-electron chi connectivity index (χ4n) is 2.42. The lowest BCUT2D eigenvalue weighted by atomic mass is 10.0. The summed E-state index contributed by atoms with van der Waals surface area (Å²) in [6.45, 7) is 6.20. The van der Waals surface area contributed by atoms with E-state index in [1.807, 2.05) is 58.7 Å². The predicted octanol–water partition coefficient (Wildman–Crippen LogP) is 3.78. The van der Waals surface area contributed by atoms with Gasteiger partial charge in [-0.3, -0.25) is 4.68 Å². The molecule has 0 radical (unpaired) electrons. The number of aromatic amines is 1. The van der Waals surface area contributed by atoms with Gasteiger partial charge < -0.3 is 10.1 Å². The molecule has 0 saturated heterocycles. The molecule has 3 aromatic heterocycles. The van der Waals surface area contributed by atoms with Gasteiger partial charge in [0.25, 0.3) is 0 Å². The molecule has 0 aliphatic carbocycles. The van der Waals surface area contributed by atoms with Gasteiger partial charge in [0.05, 0.1) is 6.20 Å². The average molecular weight is 312 g/mol. The van der Waals surface area contributed by atoms with E-state index in [0.29, 0.717) is 6.42 Å². The van der Waals surface area contributed by atoms with Crippen LogP contribution in [0.25, 0.3) is 27.7 Å². The lowest BCUT2D eigenvalue weighted by molar-refractivity contribution is 0.303. The molecule has 0 aromatic carbocycles. The number of rotatable bonds is 4. The van der Waals surface area contributed by atoms with Crippen molar-refractivity contribution in [3.63, 3.8) is 0 Å². The number of allylic oxidation sites excluding steroid dienone is 1. The van der Waals surface area contributed by atoms with Crippen LogP contribution in [0.3, 0.4) is 0 Å². The summed E-state index contributed by atoms with van der Waals surface area (Å²) >= 11 is 0. The third-order valence-corrected chi connectivity index (χ3v) is 3.58. The van der Waals surface area contributed by atoms with Crippen LogP contribution in [-0.2, 0) is 7.05 Å². The molecule has 3 heterocycles. The SMILES string of the molecule is C/C(=C\CCO)c1cnc2[nH]cc(-c3cnn(C)c3)c2c1.CC. The van der Waals surface area contributed by atoms with Crippen molar-refractivity contribution in [3.05, 3.63) is 42.5 Å². The van der Waals surface area contributed by atoms with Crippen LogP contribution < -0.4 is 0 Å². The van der Waals surface area contributed by atoms with E-state index < -0.39 is 0 Å². The molecule has 0 fully saturated rings. The minimum Gasteiger partial charge on any atom is -0.396 e. The zero-order valence-electron chi connectivity index (χ0n) is 14.2. The topological polar surface area (TPSA) is 66.7 Å². The molecule has 0 saturated carbocycles. The van der Waals surface area contributed by atoms with Crippen molar-refractivity contribution in [1.29, 1.82) is 0 Å². The molecular weight excluding hydrogens is 288 g/mol. The Morgan fingerprint density at radius 3 is 2.78 bits per heavy atom. The molecule has 0 amide bonds. The standard InChI is InChI=1S/C16H18N4O.C2H6/c1-11(4-3-5-21)12-6-14-15(9-18-16(14)17-7-12)13-8-19-20(2)10-13;1-2/h4,6-10,21H,3,5H2,1-2H3,(H,17,18);1-2H3/b11-4+;. The average Bonchev–Trinajstić information content (AvgIpc) is 3.19. The summed E-state index contributed by atoms with van der Waals surface area (Å²) in [5.74, 6) is 0. The van der Waals surface area contributed by atoms with Crippen molar-refractivity contribution in [1.82, 2.24) is 19.7 Å². The Labute approximate surface area is 136 Å². The summed E-state index contributed by atoms with van der Waals surface area (Å²) in [7, 11) is 1.91. The van der Waals surface area contributed by atoms with E-state index in [0.717, 1.165) is 33.3 Å². The molecular formula is C18H24N4O. The van der Waals surface area contributed by atoms with Gasteiger partial charge in [-0.05, 0) is 30.5 Å². The first-order valence-electron chi connectivity index (χ1n) is 7.93. The number of H-pyrrole nitrogens is 1. The van der Waals surface area contributed by atoms with E-state index in [1.54, 1.807) is 4.68 Å². The number of nitrogens with zero attached hydrogens (tertiary/aromatic N) is 3. The highest BCUT2D eigenvalue weighted by atomic mass is 16.2. The van der Waals surface area contributed by atoms with Crippen molar-refractivity contribution in [3.8, 4) is 11.1 Å². The lowest BCUT2D eigenvalue weighted by Crippen LogP contribution is -1.86. The lowest BCUT2D eigenvalue weighted by Gasteiger charge is -2.02. The van der Waals surface area contributed by atoms with Gasteiger partial charge in [-0.2, -0.15) is 5.10 Å². The van der Waals surface area contributed by atoms with E-state index in [1.165, 1.54) is 0 Å². The third-order valence-electron chi connectivity index (χ3n) is 3.58. The Kier molecular flexibility index (Phi) is 5.71. The number of hydrogen-bond donors (Lipinski definition) is 2. The highest BCUT2D eigenvalue weighted by Crippen LogP contribution is 2.29. The summed E-state index contributed by atoms with van der Waals surface area (Å²) in [5.41, 5.74) is 5.23. The number of aromatic nitrogens is 4. The predicted molar refractivity (Wildman–Crippen MR) is 95.0 cm³/mol. The monoisotopic (exact) mass is 312 g/mol. The van der Waals surface area contributed by atoms with Crippen LogP contribution in [0.1, 0.15) is 32.8 Å². The second kappa shape index (κ2) is 7.74. The number of aliphatic hydroxyl groups is 1. The summed E-state index contributed by atoms with van der Waals surface area (Å²) in [5, 5.41) is 14.2. The first-order valence-corrected chi connectivity index (χ1v) is 7.93. The second-order valence-corrected chi connectivity index (χ2v) is 5.12. The van der Waals surface area contributed by atoms with Crippen molar-refractivity contribution in [2.24, 2.45) is 7.05 Å². The summed E-state index contributed by atoms with van der Waals surface area (Å²) in [4.78, 5) is 7.67. The fraction of sp³-hybridized carbons (Fsp3) is 0.333. The van der Waals surface area contributed by atoms with Crippen LogP contribution in [0.5, 0.6) is 0 Å². The Morgan fingerprint density at radius 1 is 1.35 bits per heavy atom. The number of aryl methyl sites for hydroxylation is 1. The fourth-order valence-corrected chi connectivity index (χ4v) is 2.42. The van der Waals surface area contributed by atoms with Crippen molar-refractivity contribution in [2.45, 2.75) is 27.2 Å². The minimum absolute atomic E-state index is 0.165. The maximum Gasteiger partial charge on any atom is 0.137 e. The van der Waals surface area contributed by atoms with Crippen LogP contribution in [0.15, 0.2) is 36.9 Å². The molecule has 5 heteroatoms. The van der Waals surface area contributed by atoms with Crippen LogP contribution >= 0.6 is 0 Å². The normalized spacial score (nSPS) is 11.4. The number of pyridine rings is 1. The Balaban J connectivity index is 0.000000924. The van der Waals surface area contributed by atoms with Crippen LogP contribution in [0.4, 0.5) is 0 Å². The zero-order chi connectivity index (χ0) is 16.8. The highest BCUT2D eigenvalue weighted by molar-refractivity contribution is 5.94. The summed E-state index contributed by atoms with van der Waals surface area (Å²) < 4.78 is 1.79. The number of aliphatic hydroxyl groups excluding tert-OH is 1. The molecule has 0 aliphatic heterocycles. The molecule has 0 spiro atoms. The third kappa shape index (κ3) is 3.68. The van der Waals surface area contributed by atoms with Gasteiger partial charge in [-0.1, -0.05) is 19.9 Å². The van der Waals surface area contributed by atoms with Crippen molar-refractivity contribution in [2.75, 3.05) is 6.61 Å². The van der Waals surface area contributed by atoms with Gasteiger partial charge >= 0.3 is 0 Å². The van der Waals surface area contributed by atoms with E-state index >= 15 is 0 Å². The Morgan fingerprint density at radius 2 is 2.13 bits per heavy atom. The van der Waals surface area contributed by atoms with Gasteiger partial charge in [0, 0.05) is 48.8 Å². The number of hydrogen-bond acceptors (Lipinski definition) is 3. The minimum atomic E-state index is 0.165. The summed E-state index contributed by atoms with van der Waals surface area (Å²) in [6.07, 6.45) is 10.3. The molecule has 2 N–H and O–H groups in total. The quantitative estimate of drug-likeness (QED) is 0.770. The second-order valence-electron chi connectivity index (χ2n) is 5.12. The van der Waals surface area contributed by atoms with Crippen molar-refractivity contribution >= 4 is 16.6 Å². The molecule has 0 unspecified atom stereocenters. The van der Waals surface area contributed by atoms with Crippen LogP contribution in [0.2, 0.25) is 0 Å². The zero-order valence-corrected chi connectivity index (χ0v) is 14.2. The Hall–Kier alpha value is -2.40. The summed E-state index contributed by atoms with van der Waals surface area (Å²) in [6, 6.07) is 2.13. The van der Waals surface area contributed by atoms with Gasteiger partial charge in [-0.15, -0.1) is 0 Å². The molecule has 3 aromatic rings. The maximum absolute atomic E-state index is 8.92. The smallest absolute Gasteiger partial charge is 0.137 e. The van der Waals surface area contributed by atoms with Gasteiger partial charge in [0.1, 0.15) is 5.65 Å². The molecule has 23 heavy (non-hydrogen) atoms. The molecule has 122 valence electrons. The number of fused-ring (bicyclic) bond motifs is 1. The Bertz CT molecular complexity index is 798. The van der Waals surface area contributed by atoms with E-state index in [9.17, 15) is 0 Å². The molecule has 0 bridgehead atoms. The largest absolute Gasteiger partial charge is 0.396 e. The highest BCUT2D eigenvalue weighted by Gasteiger charge is 2.10. The maximum atomic E-state index is 8.92.